The van der Waals surface area contributed by atoms with Crippen molar-refractivity contribution in [2.75, 3.05) is 18.1 Å². The zero-order chi connectivity index (χ0) is 14.4. The van der Waals surface area contributed by atoms with E-state index in [-0.39, 0.29) is 6.61 Å². The fourth-order valence-corrected chi connectivity index (χ4v) is 2.63. The summed E-state index contributed by atoms with van der Waals surface area (Å²) in [4.78, 5) is 1.16. The lowest BCUT2D eigenvalue weighted by Gasteiger charge is -2.12. The van der Waals surface area contributed by atoms with Gasteiger partial charge >= 0.3 is 0 Å². The maximum absolute atomic E-state index is 9.93. The molecular formula is C16H19NO2S. The van der Waals surface area contributed by atoms with Crippen LogP contribution in [0.2, 0.25) is 0 Å². The quantitative estimate of drug-likeness (QED) is 0.634. The molecule has 1 unspecified atom stereocenters. The lowest BCUT2D eigenvalue weighted by molar-refractivity contribution is 0.126. The lowest BCUT2D eigenvalue weighted by Crippen LogP contribution is -2.20. The van der Waals surface area contributed by atoms with Crippen molar-refractivity contribution in [1.82, 2.24) is 0 Å². The predicted octanol–water partition coefficient (Wildman–Crippen LogP) is 3.11. The van der Waals surface area contributed by atoms with Crippen molar-refractivity contribution >= 4 is 17.4 Å². The molecule has 0 spiro atoms. The van der Waals surface area contributed by atoms with Gasteiger partial charge in [0.2, 0.25) is 0 Å². The molecule has 2 aromatic rings. The Labute approximate surface area is 123 Å². The van der Waals surface area contributed by atoms with Crippen molar-refractivity contribution in [3.05, 3.63) is 54.1 Å². The summed E-state index contributed by atoms with van der Waals surface area (Å²) in [6, 6.07) is 15.4. The summed E-state index contributed by atoms with van der Waals surface area (Å²) in [5.41, 5.74) is 7.53. The van der Waals surface area contributed by atoms with Crippen LogP contribution in [-0.2, 0) is 0 Å². The highest BCUT2D eigenvalue weighted by atomic mass is 32.2. The minimum absolute atomic E-state index is 0.280. The number of ether oxygens (including phenoxy) is 1. The molecule has 0 aliphatic heterocycles. The average molecular weight is 289 g/mol. The fraction of sp³-hybridized carbons (Fsp3) is 0.250. The van der Waals surface area contributed by atoms with Crippen LogP contribution in [0, 0.1) is 6.92 Å². The minimum atomic E-state index is -0.502. The molecule has 0 fully saturated rings. The number of aliphatic hydroxyl groups is 1. The molecule has 0 aliphatic rings. The first-order valence-electron chi connectivity index (χ1n) is 6.49. The molecule has 20 heavy (non-hydrogen) atoms. The first-order valence-corrected chi connectivity index (χ1v) is 7.48. The van der Waals surface area contributed by atoms with Gasteiger partial charge in [-0.15, -0.1) is 11.8 Å². The van der Waals surface area contributed by atoms with Gasteiger partial charge < -0.3 is 15.6 Å². The number of hydrogen-bond donors (Lipinski definition) is 2. The first kappa shape index (κ1) is 14.8. The van der Waals surface area contributed by atoms with Gasteiger partial charge in [-0.25, -0.2) is 0 Å². The number of aryl methyl sites for hydroxylation is 1. The molecule has 106 valence electrons. The Kier molecular flexibility index (Phi) is 5.32. The average Bonchev–Trinajstić information content (AvgIpc) is 2.45. The molecule has 2 aromatic carbocycles. The van der Waals surface area contributed by atoms with E-state index in [0.717, 1.165) is 10.6 Å². The largest absolute Gasteiger partial charge is 0.491 e. The first-order chi connectivity index (χ1) is 9.63. The highest BCUT2D eigenvalue weighted by Crippen LogP contribution is 2.20. The number of anilines is 1. The second-order valence-electron chi connectivity index (χ2n) is 4.66. The van der Waals surface area contributed by atoms with Crippen molar-refractivity contribution in [3.8, 4) is 5.75 Å². The Morgan fingerprint density at radius 1 is 1.20 bits per heavy atom. The number of aliphatic hydroxyl groups excluding tert-OH is 1. The Balaban J connectivity index is 1.75. The maximum atomic E-state index is 9.93. The number of hydrogen-bond acceptors (Lipinski definition) is 4. The molecule has 0 amide bonds. The normalized spacial score (nSPS) is 12.1. The summed E-state index contributed by atoms with van der Waals surface area (Å²) in [5, 5.41) is 9.93. The van der Waals surface area contributed by atoms with Gasteiger partial charge in [0.05, 0.1) is 6.10 Å². The van der Waals surface area contributed by atoms with Gasteiger partial charge in [-0.2, -0.15) is 0 Å². The Morgan fingerprint density at radius 3 is 2.65 bits per heavy atom. The van der Waals surface area contributed by atoms with E-state index in [1.54, 1.807) is 36.0 Å². The van der Waals surface area contributed by atoms with E-state index >= 15 is 0 Å². The molecule has 3 nitrogen and oxygen atoms in total. The smallest absolute Gasteiger partial charge is 0.119 e. The third-order valence-corrected chi connectivity index (χ3v) is 3.89. The highest BCUT2D eigenvalue weighted by molar-refractivity contribution is 7.99. The number of nitrogens with two attached hydrogens (primary N) is 1. The van der Waals surface area contributed by atoms with Crippen molar-refractivity contribution in [2.24, 2.45) is 0 Å². The zero-order valence-electron chi connectivity index (χ0n) is 11.5. The summed E-state index contributed by atoms with van der Waals surface area (Å²) >= 11 is 1.63. The van der Waals surface area contributed by atoms with E-state index in [2.05, 4.69) is 19.1 Å². The predicted molar refractivity (Wildman–Crippen MR) is 84.3 cm³/mol. The number of rotatable bonds is 6. The van der Waals surface area contributed by atoms with Crippen LogP contribution in [0.1, 0.15) is 5.56 Å². The van der Waals surface area contributed by atoms with Crippen LogP contribution >= 0.6 is 11.8 Å². The summed E-state index contributed by atoms with van der Waals surface area (Å²) in [6.45, 7) is 2.34. The summed E-state index contributed by atoms with van der Waals surface area (Å²) in [7, 11) is 0. The fourth-order valence-electron chi connectivity index (χ4n) is 1.70. The molecule has 0 saturated carbocycles. The van der Waals surface area contributed by atoms with Gasteiger partial charge in [0.1, 0.15) is 12.4 Å². The monoisotopic (exact) mass is 289 g/mol. The maximum Gasteiger partial charge on any atom is 0.119 e. The highest BCUT2D eigenvalue weighted by Gasteiger charge is 2.06. The van der Waals surface area contributed by atoms with Crippen LogP contribution in [0.5, 0.6) is 5.75 Å². The van der Waals surface area contributed by atoms with Gasteiger partial charge in [-0.3, -0.25) is 0 Å². The molecule has 0 saturated heterocycles. The third-order valence-electron chi connectivity index (χ3n) is 2.75. The number of thioether (sulfide) groups is 1. The molecule has 0 aromatic heterocycles. The molecular weight excluding hydrogens is 270 g/mol. The van der Waals surface area contributed by atoms with Crippen LogP contribution in [0.15, 0.2) is 53.4 Å². The number of benzene rings is 2. The Morgan fingerprint density at radius 2 is 1.95 bits per heavy atom. The summed E-state index contributed by atoms with van der Waals surface area (Å²) in [6.07, 6.45) is -0.502. The topological polar surface area (TPSA) is 55.5 Å². The van der Waals surface area contributed by atoms with Crippen LogP contribution < -0.4 is 10.5 Å². The van der Waals surface area contributed by atoms with Crippen LogP contribution in [-0.4, -0.2) is 23.6 Å². The third kappa shape index (κ3) is 4.79. The molecule has 0 bridgehead atoms. The van der Waals surface area contributed by atoms with Gasteiger partial charge in [0.25, 0.3) is 0 Å². The van der Waals surface area contributed by atoms with Crippen molar-refractivity contribution in [3.63, 3.8) is 0 Å². The Bertz CT molecular complexity index is 542. The number of nitrogen functional groups attached to an aromatic ring is 1. The second-order valence-corrected chi connectivity index (χ2v) is 5.75. The van der Waals surface area contributed by atoms with E-state index in [9.17, 15) is 5.11 Å². The van der Waals surface area contributed by atoms with Crippen LogP contribution in [0.3, 0.4) is 0 Å². The van der Waals surface area contributed by atoms with E-state index in [4.69, 9.17) is 10.5 Å². The zero-order valence-corrected chi connectivity index (χ0v) is 12.3. The molecule has 4 heteroatoms. The summed E-state index contributed by atoms with van der Waals surface area (Å²) in [5.74, 6) is 1.33. The van der Waals surface area contributed by atoms with E-state index < -0.39 is 6.10 Å². The molecule has 2 rings (SSSR count). The van der Waals surface area contributed by atoms with Gasteiger partial charge in [0, 0.05) is 16.3 Å². The molecule has 1 atom stereocenters. The molecule has 3 N–H and O–H groups in total. The second kappa shape index (κ2) is 7.22. The van der Waals surface area contributed by atoms with Crippen LogP contribution in [0.4, 0.5) is 5.69 Å². The molecule has 0 heterocycles. The van der Waals surface area contributed by atoms with Crippen molar-refractivity contribution in [1.29, 1.82) is 0 Å². The van der Waals surface area contributed by atoms with Crippen molar-refractivity contribution < 1.29 is 9.84 Å². The van der Waals surface area contributed by atoms with E-state index in [1.165, 1.54) is 5.56 Å². The lowest BCUT2D eigenvalue weighted by atomic mass is 10.2. The Hall–Kier alpha value is -1.65. The van der Waals surface area contributed by atoms with E-state index in [1.807, 2.05) is 12.1 Å². The van der Waals surface area contributed by atoms with E-state index in [0.29, 0.717) is 11.4 Å². The van der Waals surface area contributed by atoms with Gasteiger partial charge in [0.15, 0.2) is 0 Å². The minimum Gasteiger partial charge on any atom is -0.491 e. The standard InChI is InChI=1S/C16H19NO2S/c1-12-3-2-4-16(9-12)20-11-14(18)10-19-15-7-5-13(17)6-8-15/h2-9,14,18H,10-11,17H2,1H3. The van der Waals surface area contributed by atoms with Crippen LogP contribution in [0.25, 0.3) is 0 Å². The van der Waals surface area contributed by atoms with Gasteiger partial charge in [-0.1, -0.05) is 17.7 Å². The molecule has 0 aliphatic carbocycles. The SMILES string of the molecule is Cc1cccc(SCC(O)COc2ccc(N)cc2)c1. The van der Waals surface area contributed by atoms with Crippen molar-refractivity contribution in [2.45, 2.75) is 17.9 Å². The van der Waals surface area contributed by atoms with Gasteiger partial charge in [-0.05, 0) is 43.3 Å². The summed E-state index contributed by atoms with van der Waals surface area (Å²) < 4.78 is 5.52. The molecule has 0 radical (unpaired) electrons.